The Kier molecular flexibility index (Phi) is 3.98. The number of hydrogen-bond acceptors (Lipinski definition) is 5. The zero-order valence-electron chi connectivity index (χ0n) is 14.6. The number of ether oxygens (including phenoxy) is 1. The smallest absolute Gasteiger partial charge is 0.281 e. The van der Waals surface area contributed by atoms with Gasteiger partial charge in [-0.1, -0.05) is 18.2 Å². The number of benzene rings is 1. The summed E-state index contributed by atoms with van der Waals surface area (Å²) in [5.41, 5.74) is 7.74. The van der Waals surface area contributed by atoms with Crippen LogP contribution in [0.3, 0.4) is 0 Å². The highest BCUT2D eigenvalue weighted by Gasteiger charge is 2.23. The van der Waals surface area contributed by atoms with Crippen LogP contribution in [-0.2, 0) is 13.0 Å². The fourth-order valence-corrected chi connectivity index (χ4v) is 4.65. The number of carbonyl (C=O) groups is 1. The van der Waals surface area contributed by atoms with Gasteiger partial charge in [0.2, 0.25) is 0 Å². The summed E-state index contributed by atoms with van der Waals surface area (Å²) in [4.78, 5) is 18.8. The van der Waals surface area contributed by atoms with Crippen molar-refractivity contribution < 1.29 is 9.53 Å². The monoisotopic (exact) mass is 375 g/mol. The van der Waals surface area contributed by atoms with E-state index in [0.29, 0.717) is 11.5 Å². The number of hydrogen-bond donors (Lipinski definition) is 1. The molecule has 134 valence electrons. The summed E-state index contributed by atoms with van der Waals surface area (Å²) in [6.45, 7) is 0.488. The molecule has 3 heterocycles. The molecule has 1 N–H and O–H groups in total. The van der Waals surface area contributed by atoms with Gasteiger partial charge >= 0.3 is 0 Å². The second kappa shape index (κ2) is 6.63. The largest absolute Gasteiger partial charge is 0.488 e. The van der Waals surface area contributed by atoms with Crippen LogP contribution in [0.2, 0.25) is 0 Å². The van der Waals surface area contributed by atoms with Gasteiger partial charge in [-0.25, -0.2) is 5.43 Å². The third kappa shape index (κ3) is 2.92. The highest BCUT2D eigenvalue weighted by Crippen LogP contribution is 2.42. The molecule has 1 aliphatic heterocycles. The number of amides is 1. The van der Waals surface area contributed by atoms with E-state index in [1.54, 1.807) is 6.20 Å². The van der Waals surface area contributed by atoms with Crippen LogP contribution in [0.5, 0.6) is 5.75 Å². The minimum absolute atomic E-state index is 0.192. The topological polar surface area (TPSA) is 63.6 Å². The quantitative estimate of drug-likeness (QED) is 0.684. The van der Waals surface area contributed by atoms with Crippen LogP contribution in [0, 0.1) is 0 Å². The third-order valence-electron chi connectivity index (χ3n) is 4.86. The SMILES string of the molecule is O=C(N/N=C1\CCCc2cccnc21)c1cc2c(s1)-c1ccccc1OC2. The van der Waals surface area contributed by atoms with Gasteiger partial charge < -0.3 is 4.74 Å². The summed E-state index contributed by atoms with van der Waals surface area (Å²) in [7, 11) is 0. The summed E-state index contributed by atoms with van der Waals surface area (Å²) in [6, 6.07) is 13.8. The van der Waals surface area contributed by atoms with Crippen molar-refractivity contribution in [3.8, 4) is 16.2 Å². The molecule has 0 unspecified atom stereocenters. The molecule has 0 atom stereocenters. The average Bonchev–Trinajstić information content (AvgIpc) is 3.17. The maximum atomic E-state index is 12.7. The van der Waals surface area contributed by atoms with Crippen molar-refractivity contribution in [1.29, 1.82) is 0 Å². The maximum Gasteiger partial charge on any atom is 0.281 e. The second-order valence-electron chi connectivity index (χ2n) is 6.61. The number of aromatic nitrogens is 1. The Labute approximate surface area is 160 Å². The number of nitrogens with zero attached hydrogens (tertiary/aromatic N) is 2. The van der Waals surface area contributed by atoms with E-state index in [0.717, 1.165) is 52.4 Å². The zero-order chi connectivity index (χ0) is 18.2. The van der Waals surface area contributed by atoms with E-state index in [9.17, 15) is 4.79 Å². The van der Waals surface area contributed by atoms with Gasteiger partial charge in [0.15, 0.2) is 0 Å². The number of aryl methyl sites for hydroxylation is 1. The van der Waals surface area contributed by atoms with Crippen molar-refractivity contribution in [2.45, 2.75) is 25.9 Å². The van der Waals surface area contributed by atoms with Gasteiger partial charge in [-0.2, -0.15) is 5.10 Å². The molecule has 2 aliphatic rings. The Morgan fingerprint density at radius 2 is 2.07 bits per heavy atom. The molecule has 1 amide bonds. The number of rotatable bonds is 2. The predicted octanol–water partition coefficient (Wildman–Crippen LogP) is 4.17. The van der Waals surface area contributed by atoms with E-state index in [1.165, 1.54) is 16.9 Å². The summed E-state index contributed by atoms with van der Waals surface area (Å²) < 4.78 is 5.78. The lowest BCUT2D eigenvalue weighted by molar-refractivity contribution is 0.0958. The number of hydrazone groups is 1. The highest BCUT2D eigenvalue weighted by molar-refractivity contribution is 7.17. The molecule has 0 radical (unpaired) electrons. The molecule has 2 aromatic heterocycles. The van der Waals surface area contributed by atoms with Crippen molar-refractivity contribution >= 4 is 23.0 Å². The lowest BCUT2D eigenvalue weighted by atomic mass is 9.95. The van der Waals surface area contributed by atoms with E-state index in [1.807, 2.05) is 36.4 Å². The molecule has 3 aromatic rings. The van der Waals surface area contributed by atoms with Crippen LogP contribution >= 0.6 is 11.3 Å². The zero-order valence-corrected chi connectivity index (χ0v) is 15.4. The van der Waals surface area contributed by atoms with Crippen molar-refractivity contribution in [3.05, 3.63) is 70.4 Å². The van der Waals surface area contributed by atoms with Gasteiger partial charge in [0.25, 0.3) is 5.91 Å². The van der Waals surface area contributed by atoms with Crippen molar-refractivity contribution in [1.82, 2.24) is 10.4 Å². The average molecular weight is 375 g/mol. The molecule has 5 rings (SSSR count). The number of nitrogens with one attached hydrogen (secondary N) is 1. The van der Waals surface area contributed by atoms with Crippen LogP contribution in [-0.4, -0.2) is 16.6 Å². The Balaban J connectivity index is 1.40. The first-order valence-corrected chi connectivity index (χ1v) is 9.77. The fourth-order valence-electron chi connectivity index (χ4n) is 3.56. The van der Waals surface area contributed by atoms with E-state index >= 15 is 0 Å². The molecule has 1 aliphatic carbocycles. The summed E-state index contributed by atoms with van der Waals surface area (Å²) >= 11 is 1.48. The number of carbonyl (C=O) groups excluding carboxylic acids is 1. The fraction of sp³-hybridized carbons (Fsp3) is 0.190. The van der Waals surface area contributed by atoms with E-state index in [4.69, 9.17) is 4.74 Å². The van der Waals surface area contributed by atoms with Crippen molar-refractivity contribution in [2.75, 3.05) is 0 Å². The van der Waals surface area contributed by atoms with Gasteiger partial charge in [0.05, 0.1) is 16.3 Å². The second-order valence-corrected chi connectivity index (χ2v) is 7.67. The van der Waals surface area contributed by atoms with Crippen LogP contribution in [0.15, 0.2) is 53.8 Å². The Bertz CT molecular complexity index is 1070. The molecule has 0 spiro atoms. The molecule has 5 nitrogen and oxygen atoms in total. The highest BCUT2D eigenvalue weighted by atomic mass is 32.1. The van der Waals surface area contributed by atoms with Crippen LogP contribution in [0.4, 0.5) is 0 Å². The standard InChI is InChI=1S/C21H17N3O2S/c25-21(24-23-16-8-3-5-13-6-4-10-22-19(13)16)18-11-14-12-26-17-9-2-1-7-15(17)20(14)27-18/h1-2,4,6-7,9-11H,3,5,8,12H2,(H,24,25)/b23-16+. The molecule has 27 heavy (non-hydrogen) atoms. The lowest BCUT2D eigenvalue weighted by Gasteiger charge is -2.16. The summed E-state index contributed by atoms with van der Waals surface area (Å²) in [5, 5.41) is 4.38. The normalized spacial score (nSPS) is 16.1. The third-order valence-corrected chi connectivity index (χ3v) is 6.07. The maximum absolute atomic E-state index is 12.7. The predicted molar refractivity (Wildman–Crippen MR) is 105 cm³/mol. The van der Waals surface area contributed by atoms with E-state index < -0.39 is 0 Å². The minimum Gasteiger partial charge on any atom is -0.488 e. The first kappa shape index (κ1) is 16.2. The van der Waals surface area contributed by atoms with E-state index in [-0.39, 0.29) is 5.91 Å². The molecular formula is C21H17N3O2S. The van der Waals surface area contributed by atoms with Gasteiger partial charge in [0, 0.05) is 22.2 Å². The Hall–Kier alpha value is -2.99. The van der Waals surface area contributed by atoms with Crippen LogP contribution in [0.25, 0.3) is 10.4 Å². The molecular weight excluding hydrogens is 358 g/mol. The molecule has 6 heteroatoms. The first-order chi connectivity index (χ1) is 13.3. The number of pyridine rings is 1. The molecule has 0 saturated heterocycles. The van der Waals surface area contributed by atoms with Gasteiger partial charge in [0.1, 0.15) is 12.4 Å². The molecule has 1 aromatic carbocycles. The Morgan fingerprint density at radius 1 is 1.15 bits per heavy atom. The van der Waals surface area contributed by atoms with Crippen molar-refractivity contribution in [3.63, 3.8) is 0 Å². The van der Waals surface area contributed by atoms with Gasteiger partial charge in [-0.3, -0.25) is 9.78 Å². The van der Waals surface area contributed by atoms with Crippen LogP contribution in [0.1, 0.15) is 39.3 Å². The number of para-hydroxylation sites is 1. The molecule has 0 bridgehead atoms. The number of thiophene rings is 1. The van der Waals surface area contributed by atoms with E-state index in [2.05, 4.69) is 21.6 Å². The van der Waals surface area contributed by atoms with Gasteiger partial charge in [-0.15, -0.1) is 11.3 Å². The number of fused-ring (bicyclic) bond motifs is 4. The van der Waals surface area contributed by atoms with Crippen molar-refractivity contribution in [2.24, 2.45) is 5.10 Å². The van der Waals surface area contributed by atoms with Gasteiger partial charge in [-0.05, 0) is 49.1 Å². The summed E-state index contributed by atoms with van der Waals surface area (Å²) in [5.74, 6) is 0.673. The first-order valence-electron chi connectivity index (χ1n) is 8.95. The lowest BCUT2D eigenvalue weighted by Crippen LogP contribution is -2.22. The van der Waals surface area contributed by atoms with Crippen LogP contribution < -0.4 is 10.2 Å². The molecule has 0 fully saturated rings. The Morgan fingerprint density at radius 3 is 3.04 bits per heavy atom. The summed E-state index contributed by atoms with van der Waals surface area (Å²) in [6.07, 6.45) is 4.63. The molecule has 0 saturated carbocycles. The minimum atomic E-state index is -0.192.